The van der Waals surface area contributed by atoms with E-state index in [1.165, 1.54) is 6.20 Å². The Balaban J connectivity index is 1.88. The standard InChI is InChI=1S/C13H15BrN4OS/c1-2-3-15-12-7-16-11(6-17-12)13(19)18-5-10-4-9(14)8-20-10/h4,6-8H,2-3,5H2,1H3,(H,15,17)(H,18,19). The van der Waals surface area contributed by atoms with Crippen LogP contribution >= 0.6 is 27.3 Å². The molecule has 2 N–H and O–H groups in total. The zero-order valence-electron chi connectivity index (χ0n) is 11.0. The molecule has 0 saturated carbocycles. The summed E-state index contributed by atoms with van der Waals surface area (Å²) in [5.74, 6) is 0.467. The Kier molecular flexibility index (Phi) is 5.49. The van der Waals surface area contributed by atoms with Crippen LogP contribution in [0, 0.1) is 0 Å². The van der Waals surface area contributed by atoms with Gasteiger partial charge in [-0.1, -0.05) is 6.92 Å². The topological polar surface area (TPSA) is 66.9 Å². The zero-order valence-corrected chi connectivity index (χ0v) is 13.4. The van der Waals surface area contributed by atoms with Crippen molar-refractivity contribution in [2.24, 2.45) is 0 Å². The van der Waals surface area contributed by atoms with Gasteiger partial charge in [0, 0.05) is 21.3 Å². The van der Waals surface area contributed by atoms with Crippen molar-refractivity contribution in [1.29, 1.82) is 0 Å². The summed E-state index contributed by atoms with van der Waals surface area (Å²) in [4.78, 5) is 21.3. The van der Waals surface area contributed by atoms with Crippen LogP contribution in [-0.4, -0.2) is 22.4 Å². The van der Waals surface area contributed by atoms with E-state index in [-0.39, 0.29) is 5.91 Å². The van der Waals surface area contributed by atoms with E-state index in [9.17, 15) is 4.79 Å². The second-order valence-electron chi connectivity index (χ2n) is 4.13. The zero-order chi connectivity index (χ0) is 14.4. The Bertz CT molecular complexity index is 570. The molecule has 5 nitrogen and oxygen atoms in total. The number of hydrogen-bond donors (Lipinski definition) is 2. The molecule has 0 radical (unpaired) electrons. The highest BCUT2D eigenvalue weighted by atomic mass is 79.9. The van der Waals surface area contributed by atoms with Crippen LogP contribution in [0.2, 0.25) is 0 Å². The van der Waals surface area contributed by atoms with Crippen molar-refractivity contribution in [2.45, 2.75) is 19.9 Å². The normalized spacial score (nSPS) is 10.3. The lowest BCUT2D eigenvalue weighted by Crippen LogP contribution is -2.23. The Morgan fingerprint density at radius 2 is 2.25 bits per heavy atom. The lowest BCUT2D eigenvalue weighted by atomic mass is 10.4. The highest BCUT2D eigenvalue weighted by molar-refractivity contribution is 9.10. The van der Waals surface area contributed by atoms with E-state index in [0.29, 0.717) is 18.1 Å². The molecule has 2 aromatic heterocycles. The third-order valence-electron chi connectivity index (χ3n) is 2.49. The van der Waals surface area contributed by atoms with E-state index in [1.54, 1.807) is 17.5 Å². The second-order valence-corrected chi connectivity index (χ2v) is 6.04. The predicted molar refractivity (Wildman–Crippen MR) is 84.0 cm³/mol. The molecule has 0 saturated heterocycles. The minimum Gasteiger partial charge on any atom is -0.369 e. The van der Waals surface area contributed by atoms with Gasteiger partial charge in [0.1, 0.15) is 11.5 Å². The number of nitrogens with zero attached hydrogens (tertiary/aromatic N) is 2. The van der Waals surface area contributed by atoms with Gasteiger partial charge in [0.25, 0.3) is 5.91 Å². The van der Waals surface area contributed by atoms with Gasteiger partial charge in [0.15, 0.2) is 0 Å². The first kappa shape index (κ1) is 14.9. The van der Waals surface area contributed by atoms with Gasteiger partial charge in [-0.2, -0.15) is 0 Å². The number of hydrogen-bond acceptors (Lipinski definition) is 5. The molecule has 106 valence electrons. The van der Waals surface area contributed by atoms with Crippen LogP contribution in [-0.2, 0) is 6.54 Å². The number of nitrogens with one attached hydrogen (secondary N) is 2. The maximum Gasteiger partial charge on any atom is 0.271 e. The van der Waals surface area contributed by atoms with Gasteiger partial charge in [-0.05, 0) is 28.4 Å². The molecule has 0 bridgehead atoms. The van der Waals surface area contributed by atoms with Crippen molar-refractivity contribution in [3.05, 3.63) is 38.9 Å². The van der Waals surface area contributed by atoms with Crippen LogP contribution in [0.3, 0.4) is 0 Å². The molecule has 0 aliphatic carbocycles. The van der Waals surface area contributed by atoms with Crippen LogP contribution < -0.4 is 10.6 Å². The monoisotopic (exact) mass is 354 g/mol. The molecule has 2 rings (SSSR count). The number of aromatic nitrogens is 2. The number of amides is 1. The van der Waals surface area contributed by atoms with Crippen molar-refractivity contribution in [3.63, 3.8) is 0 Å². The van der Waals surface area contributed by atoms with Crippen molar-refractivity contribution < 1.29 is 4.79 Å². The number of carbonyl (C=O) groups is 1. The summed E-state index contributed by atoms with van der Waals surface area (Å²) in [5.41, 5.74) is 0.322. The third kappa shape index (κ3) is 4.28. The second kappa shape index (κ2) is 7.35. The van der Waals surface area contributed by atoms with E-state index < -0.39 is 0 Å². The summed E-state index contributed by atoms with van der Waals surface area (Å²) < 4.78 is 1.03. The minimum atomic E-state index is -0.218. The van der Waals surface area contributed by atoms with Crippen molar-refractivity contribution in [1.82, 2.24) is 15.3 Å². The Labute approximate surface area is 130 Å². The lowest BCUT2D eigenvalue weighted by molar-refractivity contribution is 0.0946. The average molecular weight is 355 g/mol. The van der Waals surface area contributed by atoms with E-state index >= 15 is 0 Å². The number of halogens is 1. The van der Waals surface area contributed by atoms with Gasteiger partial charge in [-0.25, -0.2) is 9.97 Å². The Hall–Kier alpha value is -1.47. The molecule has 2 heterocycles. The summed E-state index contributed by atoms with van der Waals surface area (Å²) in [5, 5.41) is 7.91. The molecular formula is C13H15BrN4OS. The van der Waals surface area contributed by atoms with E-state index in [1.807, 2.05) is 11.4 Å². The molecule has 0 spiro atoms. The van der Waals surface area contributed by atoms with Gasteiger partial charge in [-0.3, -0.25) is 4.79 Å². The van der Waals surface area contributed by atoms with Crippen molar-refractivity contribution >= 4 is 39.0 Å². The SMILES string of the molecule is CCCNc1cnc(C(=O)NCc2cc(Br)cs2)cn1. The summed E-state index contributed by atoms with van der Waals surface area (Å²) in [6.07, 6.45) is 4.07. The number of anilines is 1. The maximum atomic E-state index is 11.9. The molecule has 0 aliphatic heterocycles. The van der Waals surface area contributed by atoms with Crippen LogP contribution in [0.4, 0.5) is 5.82 Å². The predicted octanol–water partition coefficient (Wildman–Crippen LogP) is 3.05. The first-order valence-corrected chi connectivity index (χ1v) is 7.93. The summed E-state index contributed by atoms with van der Waals surface area (Å²) in [6, 6.07) is 1.98. The van der Waals surface area contributed by atoms with Crippen LogP contribution in [0.5, 0.6) is 0 Å². The first-order valence-electron chi connectivity index (χ1n) is 6.26. The van der Waals surface area contributed by atoms with Gasteiger partial charge < -0.3 is 10.6 Å². The Morgan fingerprint density at radius 3 is 2.85 bits per heavy atom. The molecule has 0 unspecified atom stereocenters. The quantitative estimate of drug-likeness (QED) is 0.836. The lowest BCUT2D eigenvalue weighted by Gasteiger charge is -2.05. The molecule has 0 aromatic carbocycles. The van der Waals surface area contributed by atoms with Crippen molar-refractivity contribution in [3.8, 4) is 0 Å². The highest BCUT2D eigenvalue weighted by Gasteiger charge is 2.08. The smallest absolute Gasteiger partial charge is 0.271 e. The molecule has 0 fully saturated rings. The fourth-order valence-corrected chi connectivity index (χ4v) is 2.88. The average Bonchev–Trinajstić information content (AvgIpc) is 2.89. The van der Waals surface area contributed by atoms with Crippen molar-refractivity contribution in [2.75, 3.05) is 11.9 Å². The molecule has 1 amide bonds. The number of carbonyl (C=O) groups excluding carboxylic acids is 1. The van der Waals surface area contributed by atoms with Gasteiger partial charge in [0.05, 0.1) is 18.9 Å². The van der Waals surface area contributed by atoms with Crippen LogP contribution in [0.1, 0.15) is 28.7 Å². The number of rotatable bonds is 6. The highest BCUT2D eigenvalue weighted by Crippen LogP contribution is 2.19. The fourth-order valence-electron chi connectivity index (χ4n) is 1.49. The maximum absolute atomic E-state index is 11.9. The largest absolute Gasteiger partial charge is 0.369 e. The number of thiophene rings is 1. The van der Waals surface area contributed by atoms with Gasteiger partial charge in [0.2, 0.25) is 0 Å². The van der Waals surface area contributed by atoms with Crippen LogP contribution in [0.15, 0.2) is 28.3 Å². The summed E-state index contributed by atoms with van der Waals surface area (Å²) in [7, 11) is 0. The molecule has 7 heteroatoms. The van der Waals surface area contributed by atoms with E-state index in [4.69, 9.17) is 0 Å². The van der Waals surface area contributed by atoms with E-state index in [0.717, 1.165) is 22.3 Å². The summed E-state index contributed by atoms with van der Waals surface area (Å²) in [6.45, 7) is 3.41. The Morgan fingerprint density at radius 1 is 1.40 bits per heavy atom. The van der Waals surface area contributed by atoms with Gasteiger partial charge >= 0.3 is 0 Å². The molecule has 0 atom stereocenters. The van der Waals surface area contributed by atoms with E-state index in [2.05, 4.69) is 43.5 Å². The fraction of sp³-hybridized carbons (Fsp3) is 0.308. The third-order valence-corrected chi connectivity index (χ3v) is 4.18. The van der Waals surface area contributed by atoms with Crippen LogP contribution in [0.25, 0.3) is 0 Å². The van der Waals surface area contributed by atoms with Gasteiger partial charge in [-0.15, -0.1) is 11.3 Å². The molecular weight excluding hydrogens is 340 g/mol. The molecule has 0 aliphatic rings. The molecule has 2 aromatic rings. The molecule has 20 heavy (non-hydrogen) atoms. The summed E-state index contributed by atoms with van der Waals surface area (Å²) >= 11 is 4.97. The first-order chi connectivity index (χ1) is 9.69. The minimum absolute atomic E-state index is 0.218.